The van der Waals surface area contributed by atoms with Gasteiger partial charge < -0.3 is 15.7 Å². The van der Waals surface area contributed by atoms with E-state index in [1.165, 1.54) is 0 Å². The molecule has 0 amide bonds. The highest BCUT2D eigenvalue weighted by atomic mass is 79.9. The van der Waals surface area contributed by atoms with Crippen molar-refractivity contribution in [1.82, 2.24) is 9.97 Å². The highest BCUT2D eigenvalue weighted by molar-refractivity contribution is 9.10. The quantitative estimate of drug-likeness (QED) is 0.773. The number of halogens is 1. The Morgan fingerprint density at radius 1 is 1.40 bits per heavy atom. The van der Waals surface area contributed by atoms with Crippen molar-refractivity contribution in [2.45, 2.75) is 19.4 Å². The van der Waals surface area contributed by atoms with Crippen molar-refractivity contribution in [3.63, 3.8) is 0 Å². The predicted octanol–water partition coefficient (Wildman–Crippen LogP) is 1.51. The van der Waals surface area contributed by atoms with Gasteiger partial charge in [0.2, 0.25) is 0 Å². The van der Waals surface area contributed by atoms with Crippen LogP contribution in [0.5, 0.6) is 0 Å². The molecule has 1 aromatic carbocycles. The van der Waals surface area contributed by atoms with Crippen LogP contribution >= 0.6 is 15.9 Å². The molecule has 0 radical (unpaired) electrons. The van der Waals surface area contributed by atoms with E-state index in [1.807, 2.05) is 19.1 Å². The van der Waals surface area contributed by atoms with Gasteiger partial charge in [-0.2, -0.15) is 0 Å². The van der Waals surface area contributed by atoms with Gasteiger partial charge in [-0.05, 0) is 31.0 Å². The monoisotopic (exact) mass is 269 g/mol. The number of aromatic nitrogens is 2. The summed E-state index contributed by atoms with van der Waals surface area (Å²) in [4.78, 5) is 16.5. The zero-order chi connectivity index (χ0) is 11.0. The van der Waals surface area contributed by atoms with Crippen molar-refractivity contribution < 1.29 is 0 Å². The number of rotatable bonds is 2. The molecule has 5 heteroatoms. The van der Waals surface area contributed by atoms with E-state index in [-0.39, 0.29) is 11.7 Å². The fourth-order valence-corrected chi connectivity index (χ4v) is 2.11. The number of fused-ring (bicyclic) bond motifs is 1. The standard InChI is InChI=1S/C10H12BrN3O/c1-5(12)2-6-3-8-9(4-7(6)11)14-10(15)13-8/h3-5H,2,12H2,1H3,(H2,13,14,15). The Kier molecular flexibility index (Phi) is 2.67. The highest BCUT2D eigenvalue weighted by Gasteiger charge is 2.06. The second-order valence-electron chi connectivity index (χ2n) is 3.75. The lowest BCUT2D eigenvalue weighted by molar-refractivity contribution is 0.736. The minimum atomic E-state index is -0.185. The molecule has 2 aromatic rings. The number of benzene rings is 1. The van der Waals surface area contributed by atoms with Crippen molar-refractivity contribution in [2.24, 2.45) is 5.73 Å². The van der Waals surface area contributed by atoms with E-state index in [0.717, 1.165) is 27.5 Å². The summed E-state index contributed by atoms with van der Waals surface area (Å²) >= 11 is 3.46. The second-order valence-corrected chi connectivity index (χ2v) is 4.60. The van der Waals surface area contributed by atoms with Crippen molar-refractivity contribution in [3.05, 3.63) is 32.7 Å². The van der Waals surface area contributed by atoms with Gasteiger partial charge in [0, 0.05) is 10.5 Å². The molecule has 4 N–H and O–H groups in total. The first-order valence-corrected chi connectivity index (χ1v) is 5.51. The van der Waals surface area contributed by atoms with Crippen LogP contribution in [0.2, 0.25) is 0 Å². The first-order chi connectivity index (χ1) is 7.06. The molecule has 0 aliphatic rings. The molecule has 0 saturated heterocycles. The molecule has 0 aliphatic carbocycles. The lowest BCUT2D eigenvalue weighted by Crippen LogP contribution is -2.17. The molecule has 1 unspecified atom stereocenters. The number of aromatic amines is 2. The van der Waals surface area contributed by atoms with Gasteiger partial charge in [-0.15, -0.1) is 0 Å². The molecule has 0 aliphatic heterocycles. The predicted molar refractivity (Wildman–Crippen MR) is 64.0 cm³/mol. The minimum Gasteiger partial charge on any atom is -0.328 e. The number of H-pyrrole nitrogens is 2. The van der Waals surface area contributed by atoms with Gasteiger partial charge >= 0.3 is 5.69 Å². The van der Waals surface area contributed by atoms with Gasteiger partial charge in [-0.1, -0.05) is 15.9 Å². The fourth-order valence-electron chi connectivity index (χ4n) is 1.60. The second kappa shape index (κ2) is 3.83. The highest BCUT2D eigenvalue weighted by Crippen LogP contribution is 2.22. The normalized spacial score (nSPS) is 13.3. The number of hydrogen-bond donors (Lipinski definition) is 3. The summed E-state index contributed by atoms with van der Waals surface area (Å²) in [7, 11) is 0. The molecule has 0 saturated carbocycles. The van der Waals surface area contributed by atoms with Crippen LogP contribution in [0.1, 0.15) is 12.5 Å². The van der Waals surface area contributed by atoms with Crippen LogP contribution in [-0.4, -0.2) is 16.0 Å². The molecule has 1 aromatic heterocycles. The Morgan fingerprint density at radius 2 is 2.00 bits per heavy atom. The average molecular weight is 270 g/mol. The molecule has 2 rings (SSSR count). The minimum absolute atomic E-state index is 0.101. The van der Waals surface area contributed by atoms with E-state index in [4.69, 9.17) is 5.73 Å². The summed E-state index contributed by atoms with van der Waals surface area (Å²) in [6.45, 7) is 1.95. The molecular weight excluding hydrogens is 258 g/mol. The zero-order valence-electron chi connectivity index (χ0n) is 8.30. The third-order valence-electron chi connectivity index (χ3n) is 2.22. The van der Waals surface area contributed by atoms with E-state index in [0.29, 0.717) is 0 Å². The third-order valence-corrected chi connectivity index (χ3v) is 2.96. The van der Waals surface area contributed by atoms with Crippen LogP contribution in [-0.2, 0) is 6.42 Å². The smallest absolute Gasteiger partial charge is 0.323 e. The van der Waals surface area contributed by atoms with Gasteiger partial charge in [0.05, 0.1) is 11.0 Å². The Morgan fingerprint density at radius 3 is 2.60 bits per heavy atom. The Balaban J connectivity index is 2.56. The lowest BCUT2D eigenvalue weighted by Gasteiger charge is -2.07. The molecule has 0 spiro atoms. The maximum absolute atomic E-state index is 11.1. The van der Waals surface area contributed by atoms with E-state index < -0.39 is 0 Å². The lowest BCUT2D eigenvalue weighted by atomic mass is 10.1. The van der Waals surface area contributed by atoms with Crippen molar-refractivity contribution in [2.75, 3.05) is 0 Å². The van der Waals surface area contributed by atoms with E-state index >= 15 is 0 Å². The van der Waals surface area contributed by atoms with E-state index in [9.17, 15) is 4.79 Å². The van der Waals surface area contributed by atoms with Crippen LogP contribution in [0.3, 0.4) is 0 Å². The summed E-state index contributed by atoms with van der Waals surface area (Å²) in [5, 5.41) is 0. The van der Waals surface area contributed by atoms with Crippen LogP contribution in [0.25, 0.3) is 11.0 Å². The van der Waals surface area contributed by atoms with Crippen LogP contribution in [0.4, 0.5) is 0 Å². The number of nitrogens with one attached hydrogen (secondary N) is 2. The largest absolute Gasteiger partial charge is 0.328 e. The maximum atomic E-state index is 11.1. The third kappa shape index (κ3) is 2.13. The Labute approximate surface area is 95.0 Å². The maximum Gasteiger partial charge on any atom is 0.323 e. The fraction of sp³-hybridized carbons (Fsp3) is 0.300. The van der Waals surface area contributed by atoms with Gasteiger partial charge in [0.1, 0.15) is 0 Å². The first kappa shape index (κ1) is 10.4. The molecule has 80 valence electrons. The summed E-state index contributed by atoms with van der Waals surface area (Å²) < 4.78 is 0.975. The summed E-state index contributed by atoms with van der Waals surface area (Å²) in [5.74, 6) is 0. The Hall–Kier alpha value is -1.07. The average Bonchev–Trinajstić information content (AvgIpc) is 2.44. The molecule has 4 nitrogen and oxygen atoms in total. The van der Waals surface area contributed by atoms with E-state index in [2.05, 4.69) is 25.9 Å². The molecule has 1 heterocycles. The Bertz CT molecular complexity index is 541. The summed E-state index contributed by atoms with van der Waals surface area (Å²) in [6, 6.07) is 3.94. The molecule has 1 atom stereocenters. The van der Waals surface area contributed by atoms with Crippen molar-refractivity contribution in [3.8, 4) is 0 Å². The number of hydrogen-bond acceptors (Lipinski definition) is 2. The van der Waals surface area contributed by atoms with Crippen LogP contribution in [0.15, 0.2) is 21.4 Å². The van der Waals surface area contributed by atoms with Gasteiger partial charge in [0.15, 0.2) is 0 Å². The molecule has 0 bridgehead atoms. The van der Waals surface area contributed by atoms with Gasteiger partial charge in [-0.3, -0.25) is 0 Å². The molecule has 15 heavy (non-hydrogen) atoms. The van der Waals surface area contributed by atoms with Gasteiger partial charge in [-0.25, -0.2) is 4.79 Å². The molecular formula is C10H12BrN3O. The summed E-state index contributed by atoms with van der Waals surface area (Å²) in [6.07, 6.45) is 0.781. The summed E-state index contributed by atoms with van der Waals surface area (Å²) in [5.41, 5.74) is 8.29. The zero-order valence-corrected chi connectivity index (χ0v) is 9.89. The van der Waals surface area contributed by atoms with Crippen molar-refractivity contribution >= 4 is 27.0 Å². The first-order valence-electron chi connectivity index (χ1n) is 4.72. The van der Waals surface area contributed by atoms with Gasteiger partial charge in [0.25, 0.3) is 0 Å². The van der Waals surface area contributed by atoms with E-state index in [1.54, 1.807) is 0 Å². The van der Waals surface area contributed by atoms with Crippen LogP contribution in [0, 0.1) is 0 Å². The topological polar surface area (TPSA) is 74.7 Å². The SMILES string of the molecule is CC(N)Cc1cc2[nH]c(=O)[nH]c2cc1Br. The number of imidazole rings is 1. The van der Waals surface area contributed by atoms with Crippen molar-refractivity contribution in [1.29, 1.82) is 0 Å². The number of nitrogens with two attached hydrogens (primary N) is 1. The van der Waals surface area contributed by atoms with Crippen LogP contribution < -0.4 is 11.4 Å². The molecule has 0 fully saturated rings.